The summed E-state index contributed by atoms with van der Waals surface area (Å²) in [6.07, 6.45) is 0.998. The van der Waals surface area contributed by atoms with E-state index in [0.29, 0.717) is 5.75 Å². The van der Waals surface area contributed by atoms with E-state index in [1.807, 2.05) is 25.6 Å². The molecule has 2 heterocycles. The Kier molecular flexibility index (Phi) is 5.12. The van der Waals surface area contributed by atoms with Gasteiger partial charge >= 0.3 is 12.0 Å². The van der Waals surface area contributed by atoms with Gasteiger partial charge in [-0.2, -0.15) is 11.8 Å². The summed E-state index contributed by atoms with van der Waals surface area (Å²) in [5, 5.41) is 9.31. The van der Waals surface area contributed by atoms with Gasteiger partial charge in [-0.05, 0) is 18.1 Å². The first-order valence-electron chi connectivity index (χ1n) is 6.90. The summed E-state index contributed by atoms with van der Waals surface area (Å²) in [4.78, 5) is 27.5. The van der Waals surface area contributed by atoms with E-state index in [1.165, 1.54) is 0 Å². The second-order valence-corrected chi connectivity index (χ2v) is 7.94. The average Bonchev–Trinajstić information content (AvgIpc) is 3.05. The van der Waals surface area contributed by atoms with E-state index < -0.39 is 12.0 Å². The van der Waals surface area contributed by atoms with Gasteiger partial charge < -0.3 is 10.0 Å². The fourth-order valence-corrected chi connectivity index (χ4v) is 5.37. The zero-order valence-corrected chi connectivity index (χ0v) is 13.7. The molecule has 7 heteroatoms. The van der Waals surface area contributed by atoms with Gasteiger partial charge in [-0.1, -0.05) is 13.8 Å². The van der Waals surface area contributed by atoms with Gasteiger partial charge in [-0.15, -0.1) is 11.8 Å². The van der Waals surface area contributed by atoms with Crippen molar-refractivity contribution in [2.75, 3.05) is 24.3 Å². The maximum Gasteiger partial charge on any atom is 0.327 e. The summed E-state index contributed by atoms with van der Waals surface area (Å²) in [7, 11) is 1.80. The van der Waals surface area contributed by atoms with Crippen molar-refractivity contribution in [3.8, 4) is 0 Å². The maximum atomic E-state index is 12.7. The summed E-state index contributed by atoms with van der Waals surface area (Å²) < 4.78 is 0. The maximum absolute atomic E-state index is 12.7. The van der Waals surface area contributed by atoms with E-state index in [0.717, 1.165) is 17.9 Å². The lowest BCUT2D eigenvalue weighted by molar-refractivity contribution is -0.141. The Balaban J connectivity index is 2.15. The molecule has 0 aromatic heterocycles. The molecule has 3 atom stereocenters. The minimum atomic E-state index is -0.900. The first-order valence-corrected chi connectivity index (χ1v) is 9.11. The molecule has 5 nitrogen and oxygen atoms in total. The Morgan fingerprint density at radius 1 is 1.35 bits per heavy atom. The van der Waals surface area contributed by atoms with Crippen LogP contribution >= 0.6 is 23.5 Å². The number of carbonyl (C=O) groups is 2. The lowest BCUT2D eigenvalue weighted by atomic mass is 10.1. The molecule has 0 spiro atoms. The van der Waals surface area contributed by atoms with E-state index >= 15 is 0 Å². The topological polar surface area (TPSA) is 60.9 Å². The van der Waals surface area contributed by atoms with Gasteiger partial charge in [0.15, 0.2) is 0 Å². The minimum Gasteiger partial charge on any atom is -0.480 e. The van der Waals surface area contributed by atoms with Crippen LogP contribution in [0.2, 0.25) is 0 Å². The Morgan fingerprint density at radius 2 is 2.05 bits per heavy atom. The van der Waals surface area contributed by atoms with Crippen LogP contribution in [-0.2, 0) is 4.79 Å². The Hall–Kier alpha value is -0.560. The molecule has 0 saturated carbocycles. The monoisotopic (exact) mass is 318 g/mol. The lowest BCUT2D eigenvalue weighted by Gasteiger charge is -2.35. The highest BCUT2D eigenvalue weighted by atomic mass is 32.2. The zero-order valence-electron chi connectivity index (χ0n) is 12.1. The highest BCUT2D eigenvalue weighted by Gasteiger charge is 2.44. The predicted octanol–water partition coefficient (Wildman–Crippen LogP) is 2.03. The molecule has 2 amide bonds. The summed E-state index contributed by atoms with van der Waals surface area (Å²) >= 11 is 3.43. The quantitative estimate of drug-likeness (QED) is 0.863. The molecule has 2 saturated heterocycles. The SMILES string of the molecule is CC(C)C1SCC(C(=O)O)N1C(=O)N(C)C1CCSC1. The van der Waals surface area contributed by atoms with E-state index in [-0.39, 0.29) is 23.4 Å². The number of carboxylic acids is 1. The number of amides is 2. The van der Waals surface area contributed by atoms with Gasteiger partial charge in [-0.25, -0.2) is 9.59 Å². The predicted molar refractivity (Wildman–Crippen MR) is 83.2 cm³/mol. The van der Waals surface area contributed by atoms with Crippen molar-refractivity contribution < 1.29 is 14.7 Å². The van der Waals surface area contributed by atoms with Crippen molar-refractivity contribution in [3.05, 3.63) is 0 Å². The second-order valence-electron chi connectivity index (χ2n) is 5.64. The number of carbonyl (C=O) groups excluding carboxylic acids is 1. The second kappa shape index (κ2) is 6.47. The van der Waals surface area contributed by atoms with Crippen LogP contribution in [-0.4, -0.2) is 68.7 Å². The normalized spacial score (nSPS) is 30.0. The molecular formula is C13H22N2O3S2. The molecule has 0 radical (unpaired) electrons. The Labute approximate surface area is 128 Å². The first-order chi connectivity index (χ1) is 9.43. The third kappa shape index (κ3) is 3.03. The van der Waals surface area contributed by atoms with Gasteiger partial charge in [0.1, 0.15) is 6.04 Å². The standard InChI is InChI=1S/C13H22N2O3S2/c1-8(2)11-15(10(7-20-11)12(16)17)13(18)14(3)9-4-5-19-6-9/h8-11H,4-7H2,1-3H3,(H,16,17). The van der Waals surface area contributed by atoms with E-state index in [9.17, 15) is 14.7 Å². The zero-order chi connectivity index (χ0) is 14.9. The number of nitrogens with zero attached hydrogens (tertiary/aromatic N) is 2. The van der Waals surface area contributed by atoms with Crippen molar-refractivity contribution >= 4 is 35.5 Å². The fourth-order valence-electron chi connectivity index (χ4n) is 2.64. The van der Waals surface area contributed by atoms with E-state index in [1.54, 1.807) is 28.6 Å². The van der Waals surface area contributed by atoms with Crippen molar-refractivity contribution in [1.82, 2.24) is 9.80 Å². The number of carboxylic acid groups (broad SMARTS) is 1. The minimum absolute atomic E-state index is 0.0416. The van der Waals surface area contributed by atoms with Gasteiger partial charge in [-0.3, -0.25) is 4.90 Å². The van der Waals surface area contributed by atoms with E-state index in [4.69, 9.17) is 0 Å². The van der Waals surface area contributed by atoms with Crippen LogP contribution in [0, 0.1) is 5.92 Å². The van der Waals surface area contributed by atoms with Crippen LogP contribution in [0.4, 0.5) is 4.79 Å². The molecule has 2 rings (SSSR count). The van der Waals surface area contributed by atoms with Crippen molar-refractivity contribution in [2.24, 2.45) is 5.92 Å². The lowest BCUT2D eigenvalue weighted by Crippen LogP contribution is -2.54. The van der Waals surface area contributed by atoms with Crippen LogP contribution in [0.15, 0.2) is 0 Å². The molecule has 114 valence electrons. The van der Waals surface area contributed by atoms with Crippen LogP contribution in [0.1, 0.15) is 20.3 Å². The van der Waals surface area contributed by atoms with Crippen LogP contribution in [0.25, 0.3) is 0 Å². The van der Waals surface area contributed by atoms with Gasteiger partial charge in [0.25, 0.3) is 0 Å². The molecule has 0 aromatic rings. The molecule has 3 unspecified atom stereocenters. The van der Waals surface area contributed by atoms with E-state index in [2.05, 4.69) is 0 Å². The van der Waals surface area contributed by atoms with Gasteiger partial charge in [0.2, 0.25) is 0 Å². The van der Waals surface area contributed by atoms with Crippen LogP contribution in [0.5, 0.6) is 0 Å². The molecule has 0 bridgehead atoms. The third-order valence-electron chi connectivity index (χ3n) is 3.87. The largest absolute Gasteiger partial charge is 0.480 e. The Bertz CT molecular complexity index is 386. The Morgan fingerprint density at radius 3 is 2.55 bits per heavy atom. The molecule has 2 aliphatic heterocycles. The molecule has 0 aliphatic carbocycles. The van der Waals surface area contributed by atoms with Crippen LogP contribution < -0.4 is 0 Å². The summed E-state index contributed by atoms with van der Waals surface area (Å²) in [6.45, 7) is 4.07. The molecule has 20 heavy (non-hydrogen) atoms. The van der Waals surface area contributed by atoms with Crippen molar-refractivity contribution in [3.63, 3.8) is 0 Å². The number of hydrogen-bond donors (Lipinski definition) is 1. The molecular weight excluding hydrogens is 296 g/mol. The first kappa shape index (κ1) is 15.8. The number of urea groups is 1. The number of rotatable bonds is 3. The highest BCUT2D eigenvalue weighted by Crippen LogP contribution is 2.35. The van der Waals surface area contributed by atoms with Crippen molar-refractivity contribution in [2.45, 2.75) is 37.7 Å². The molecule has 1 N–H and O–H groups in total. The van der Waals surface area contributed by atoms with Gasteiger partial charge in [0.05, 0.1) is 5.37 Å². The number of hydrogen-bond acceptors (Lipinski definition) is 4. The smallest absolute Gasteiger partial charge is 0.327 e. The number of aliphatic carboxylic acids is 1. The summed E-state index contributed by atoms with van der Waals surface area (Å²) in [6, 6.07) is -0.592. The molecule has 2 fully saturated rings. The van der Waals surface area contributed by atoms with Gasteiger partial charge in [0, 0.05) is 24.6 Å². The number of thioether (sulfide) groups is 2. The molecule has 0 aromatic carbocycles. The average molecular weight is 318 g/mol. The van der Waals surface area contributed by atoms with Crippen LogP contribution in [0.3, 0.4) is 0 Å². The summed E-state index contributed by atoms with van der Waals surface area (Å²) in [5.74, 6) is 1.86. The fraction of sp³-hybridized carbons (Fsp3) is 0.846. The third-order valence-corrected chi connectivity index (χ3v) is 6.63. The molecule has 2 aliphatic rings. The van der Waals surface area contributed by atoms with Crippen molar-refractivity contribution in [1.29, 1.82) is 0 Å². The summed E-state index contributed by atoms with van der Waals surface area (Å²) in [5.41, 5.74) is 0. The highest BCUT2D eigenvalue weighted by molar-refractivity contribution is 8.00.